The van der Waals surface area contributed by atoms with Gasteiger partial charge in [-0.3, -0.25) is 4.79 Å². The van der Waals surface area contributed by atoms with Crippen LogP contribution in [0.25, 0.3) is 0 Å². The van der Waals surface area contributed by atoms with Crippen molar-refractivity contribution in [2.24, 2.45) is 11.8 Å². The molecule has 0 spiro atoms. The van der Waals surface area contributed by atoms with Crippen LogP contribution in [0.2, 0.25) is 0 Å². The average molecular weight is 291 g/mol. The van der Waals surface area contributed by atoms with Crippen LogP contribution in [0.1, 0.15) is 32.1 Å². The number of hydrogen-bond acceptors (Lipinski definition) is 4. The largest absolute Gasteiger partial charge is 0.481 e. The van der Waals surface area contributed by atoms with Crippen LogP contribution in [0.4, 0.5) is 0 Å². The van der Waals surface area contributed by atoms with Crippen LogP contribution in [0.5, 0.6) is 0 Å². The number of rotatable bonds is 5. The summed E-state index contributed by atoms with van der Waals surface area (Å²) in [6.07, 6.45) is 3.12. The molecular weight excluding hydrogens is 270 g/mol. The van der Waals surface area contributed by atoms with E-state index in [1.54, 1.807) is 0 Å². The fraction of sp³-hybridized carbons (Fsp3) is 0.917. The van der Waals surface area contributed by atoms with E-state index >= 15 is 0 Å². The topological polar surface area (TPSA) is 92.7 Å². The first-order valence-corrected chi connectivity index (χ1v) is 8.42. The second kappa shape index (κ2) is 6.19. The first-order chi connectivity index (χ1) is 8.96. The van der Waals surface area contributed by atoms with Crippen LogP contribution in [0, 0.1) is 11.8 Å². The molecule has 2 rings (SSSR count). The van der Waals surface area contributed by atoms with Crippen LogP contribution in [0.3, 0.4) is 0 Å². The van der Waals surface area contributed by atoms with Gasteiger partial charge in [0.1, 0.15) is 0 Å². The van der Waals surface area contributed by atoms with E-state index in [0.29, 0.717) is 38.9 Å². The third kappa shape index (κ3) is 4.43. The maximum atomic E-state index is 12.0. The average Bonchev–Trinajstić information content (AvgIpc) is 2.81. The highest BCUT2D eigenvalue weighted by Gasteiger charge is 2.30. The van der Waals surface area contributed by atoms with Gasteiger partial charge in [0.05, 0.1) is 18.3 Å². The Bertz CT molecular complexity index is 408. The Hall–Kier alpha value is -0.660. The molecule has 19 heavy (non-hydrogen) atoms. The predicted molar refractivity (Wildman–Crippen MR) is 69.2 cm³/mol. The maximum Gasteiger partial charge on any atom is 0.306 e. The van der Waals surface area contributed by atoms with Crippen LogP contribution in [-0.2, 0) is 19.6 Å². The normalized spacial score (nSPS) is 32.3. The quantitative estimate of drug-likeness (QED) is 0.773. The van der Waals surface area contributed by atoms with Gasteiger partial charge in [0.25, 0.3) is 0 Å². The summed E-state index contributed by atoms with van der Waals surface area (Å²) in [5, 5.41) is 8.89. The molecule has 1 aliphatic carbocycles. The van der Waals surface area contributed by atoms with Gasteiger partial charge in [0.15, 0.2) is 0 Å². The molecule has 110 valence electrons. The summed E-state index contributed by atoms with van der Waals surface area (Å²) in [7, 11) is -3.28. The fourth-order valence-electron chi connectivity index (χ4n) is 2.79. The smallest absolute Gasteiger partial charge is 0.306 e. The fourth-order valence-corrected chi connectivity index (χ4v) is 4.51. The molecule has 0 aromatic rings. The van der Waals surface area contributed by atoms with E-state index in [4.69, 9.17) is 9.84 Å². The molecule has 2 fully saturated rings. The Balaban J connectivity index is 1.79. The summed E-state index contributed by atoms with van der Waals surface area (Å²) in [5.41, 5.74) is 0. The van der Waals surface area contributed by atoms with Gasteiger partial charge >= 0.3 is 5.97 Å². The third-order valence-corrected chi connectivity index (χ3v) is 5.50. The highest BCUT2D eigenvalue weighted by atomic mass is 32.2. The van der Waals surface area contributed by atoms with Crippen LogP contribution < -0.4 is 4.72 Å². The summed E-state index contributed by atoms with van der Waals surface area (Å²) < 4.78 is 31.9. The van der Waals surface area contributed by atoms with E-state index in [1.165, 1.54) is 0 Å². The zero-order valence-electron chi connectivity index (χ0n) is 10.9. The first kappa shape index (κ1) is 14.7. The second-order valence-corrected chi connectivity index (χ2v) is 7.31. The lowest BCUT2D eigenvalue weighted by molar-refractivity contribution is -0.142. The minimum atomic E-state index is -3.28. The number of carboxylic acid groups (broad SMARTS) is 1. The number of sulfonamides is 1. The molecule has 1 aliphatic heterocycles. The lowest BCUT2D eigenvalue weighted by atomic mass is 9.87. The Morgan fingerprint density at radius 2 is 1.89 bits per heavy atom. The summed E-state index contributed by atoms with van der Waals surface area (Å²) in [5.74, 6) is -0.882. The summed E-state index contributed by atoms with van der Waals surface area (Å²) in [6, 6.07) is -0.108. The molecule has 0 bridgehead atoms. The highest BCUT2D eigenvalue weighted by molar-refractivity contribution is 7.89. The summed E-state index contributed by atoms with van der Waals surface area (Å²) >= 11 is 0. The van der Waals surface area contributed by atoms with Gasteiger partial charge in [-0.2, -0.15) is 0 Å². The van der Waals surface area contributed by atoms with Crippen molar-refractivity contribution < 1.29 is 23.1 Å². The molecule has 1 unspecified atom stereocenters. The number of carbonyl (C=O) groups is 1. The monoisotopic (exact) mass is 291 g/mol. The van der Waals surface area contributed by atoms with Crippen molar-refractivity contribution in [3.8, 4) is 0 Å². The van der Waals surface area contributed by atoms with Crippen LogP contribution >= 0.6 is 0 Å². The lowest BCUT2D eigenvalue weighted by Gasteiger charge is -2.27. The Kier molecular flexibility index (Phi) is 4.81. The van der Waals surface area contributed by atoms with Gasteiger partial charge in [0.2, 0.25) is 10.0 Å². The Morgan fingerprint density at radius 3 is 2.42 bits per heavy atom. The van der Waals surface area contributed by atoms with Gasteiger partial charge in [-0.15, -0.1) is 0 Å². The zero-order chi connectivity index (χ0) is 13.9. The molecule has 1 atom stereocenters. The van der Waals surface area contributed by atoms with Gasteiger partial charge in [-0.1, -0.05) is 0 Å². The van der Waals surface area contributed by atoms with Crippen LogP contribution in [-0.4, -0.2) is 44.5 Å². The van der Waals surface area contributed by atoms with Crippen LogP contribution in [0.15, 0.2) is 0 Å². The zero-order valence-corrected chi connectivity index (χ0v) is 11.7. The van der Waals surface area contributed by atoms with Crippen molar-refractivity contribution in [1.29, 1.82) is 0 Å². The minimum absolute atomic E-state index is 0.0906. The molecule has 6 nitrogen and oxygen atoms in total. The SMILES string of the molecule is O=C(O)C1CCC(NS(=O)(=O)CC2CCOC2)CC1. The van der Waals surface area contributed by atoms with E-state index < -0.39 is 16.0 Å². The second-order valence-electron chi connectivity index (χ2n) is 5.52. The van der Waals surface area contributed by atoms with E-state index in [2.05, 4.69) is 4.72 Å². The Morgan fingerprint density at radius 1 is 1.21 bits per heavy atom. The standard InChI is InChI=1S/C12H21NO5S/c14-12(15)10-1-3-11(4-2-10)13-19(16,17)8-9-5-6-18-7-9/h9-11,13H,1-8H2,(H,14,15). The Labute approximate surface area is 113 Å². The van der Waals surface area contributed by atoms with Crippen molar-refractivity contribution in [3.05, 3.63) is 0 Å². The molecule has 0 aromatic heterocycles. The van der Waals surface area contributed by atoms with Gasteiger partial charge in [0, 0.05) is 12.6 Å². The van der Waals surface area contributed by atoms with Crippen molar-refractivity contribution in [3.63, 3.8) is 0 Å². The van der Waals surface area contributed by atoms with Gasteiger partial charge in [-0.25, -0.2) is 13.1 Å². The number of nitrogens with one attached hydrogen (secondary N) is 1. The third-order valence-electron chi connectivity index (χ3n) is 3.90. The van der Waals surface area contributed by atoms with E-state index in [9.17, 15) is 13.2 Å². The highest BCUT2D eigenvalue weighted by Crippen LogP contribution is 2.25. The molecule has 1 saturated carbocycles. The van der Waals surface area contributed by atoms with Crippen molar-refractivity contribution in [1.82, 2.24) is 4.72 Å². The molecule has 0 aromatic carbocycles. The summed E-state index contributed by atoms with van der Waals surface area (Å²) in [6.45, 7) is 1.16. The molecular formula is C12H21NO5S. The van der Waals surface area contributed by atoms with E-state index in [1.807, 2.05) is 0 Å². The number of ether oxygens (including phenoxy) is 1. The number of carboxylic acids is 1. The van der Waals surface area contributed by atoms with Crippen molar-refractivity contribution >= 4 is 16.0 Å². The van der Waals surface area contributed by atoms with Gasteiger partial charge < -0.3 is 9.84 Å². The van der Waals surface area contributed by atoms with Crippen molar-refractivity contribution in [2.75, 3.05) is 19.0 Å². The van der Waals surface area contributed by atoms with E-state index in [-0.39, 0.29) is 23.6 Å². The predicted octanol–water partition coefficient (Wildman–Crippen LogP) is 0.586. The molecule has 7 heteroatoms. The maximum absolute atomic E-state index is 12.0. The minimum Gasteiger partial charge on any atom is -0.481 e. The van der Waals surface area contributed by atoms with E-state index in [0.717, 1.165) is 6.42 Å². The first-order valence-electron chi connectivity index (χ1n) is 6.77. The number of hydrogen-bond donors (Lipinski definition) is 2. The van der Waals surface area contributed by atoms with Gasteiger partial charge in [-0.05, 0) is 38.0 Å². The molecule has 0 radical (unpaired) electrons. The molecule has 1 heterocycles. The molecule has 2 aliphatic rings. The molecule has 0 amide bonds. The molecule has 2 N–H and O–H groups in total. The lowest BCUT2D eigenvalue weighted by Crippen LogP contribution is -2.41. The number of aliphatic carboxylic acids is 1. The summed E-state index contributed by atoms with van der Waals surface area (Å²) in [4.78, 5) is 10.8. The van der Waals surface area contributed by atoms with Crippen molar-refractivity contribution in [2.45, 2.75) is 38.1 Å². The molecule has 1 saturated heterocycles.